The summed E-state index contributed by atoms with van der Waals surface area (Å²) in [6.07, 6.45) is -0.234. The van der Waals surface area contributed by atoms with E-state index in [9.17, 15) is 18.7 Å². The van der Waals surface area contributed by atoms with Crippen molar-refractivity contribution in [3.8, 4) is 10.4 Å². The van der Waals surface area contributed by atoms with E-state index in [1.807, 2.05) is 0 Å². The fraction of sp³-hybridized carbons (Fsp3) is 0.185. The molecule has 4 N–H and O–H groups in total. The number of amides is 1. The fourth-order valence-electron chi connectivity index (χ4n) is 3.63. The molecule has 9 heteroatoms. The van der Waals surface area contributed by atoms with Crippen molar-refractivity contribution < 1.29 is 23.4 Å². The Balaban J connectivity index is 1.49. The monoisotopic (exact) mass is 509 g/mol. The Morgan fingerprint density at radius 1 is 1.08 bits per heavy atom. The Bertz CT molecular complexity index is 1360. The molecule has 1 unspecified atom stereocenters. The van der Waals surface area contributed by atoms with Gasteiger partial charge in [-0.15, -0.1) is 11.3 Å². The molecule has 0 saturated carbocycles. The first kappa shape index (κ1) is 25.4. The van der Waals surface area contributed by atoms with Gasteiger partial charge in [-0.2, -0.15) is 0 Å². The van der Waals surface area contributed by atoms with Crippen molar-refractivity contribution in [3.63, 3.8) is 0 Å². The zero-order valence-electron chi connectivity index (χ0n) is 19.5. The molecule has 0 radical (unpaired) electrons. The third-order valence-electron chi connectivity index (χ3n) is 5.31. The van der Waals surface area contributed by atoms with Crippen molar-refractivity contribution >= 4 is 28.1 Å². The first-order valence-corrected chi connectivity index (χ1v) is 12.1. The van der Waals surface area contributed by atoms with Crippen LogP contribution in [0.5, 0.6) is 0 Å². The molecule has 0 aliphatic rings. The molecule has 0 aliphatic carbocycles. The van der Waals surface area contributed by atoms with Gasteiger partial charge in [-0.1, -0.05) is 30.3 Å². The van der Waals surface area contributed by atoms with Gasteiger partial charge in [-0.05, 0) is 60.9 Å². The van der Waals surface area contributed by atoms with E-state index in [-0.39, 0.29) is 18.0 Å². The van der Waals surface area contributed by atoms with Gasteiger partial charge in [0.1, 0.15) is 22.5 Å². The van der Waals surface area contributed by atoms with Crippen molar-refractivity contribution in [1.29, 1.82) is 0 Å². The molecule has 4 rings (SSSR count). The summed E-state index contributed by atoms with van der Waals surface area (Å²) in [6.45, 7) is 2.18. The topological polar surface area (TPSA) is 97.5 Å². The number of carbonyl (C=O) groups is 1. The minimum absolute atomic E-state index is 0.224. The summed E-state index contributed by atoms with van der Waals surface area (Å²) < 4.78 is 33.5. The number of nitrogens with two attached hydrogens (primary N) is 1. The number of aliphatic hydroxyl groups excluding tert-OH is 1. The molecule has 6 nitrogen and oxygen atoms in total. The number of carbonyl (C=O) groups excluding carboxylic acids is 1. The Morgan fingerprint density at radius 3 is 2.53 bits per heavy atom. The SMILES string of the molecule is CC(O)Cc1ccc(-c2cc(C(N)=O)c(Nc3cccc(COCc4ccc(F)cc4)n3)s2)c(F)c1. The van der Waals surface area contributed by atoms with Crippen LogP contribution in [0.3, 0.4) is 0 Å². The smallest absolute Gasteiger partial charge is 0.251 e. The summed E-state index contributed by atoms with van der Waals surface area (Å²) in [5.74, 6) is -0.927. The maximum atomic E-state index is 14.8. The van der Waals surface area contributed by atoms with Gasteiger partial charge in [0.25, 0.3) is 5.91 Å². The molecular weight excluding hydrogens is 484 g/mol. The normalized spacial score (nSPS) is 11.9. The number of nitrogens with one attached hydrogen (secondary N) is 1. The predicted octanol–water partition coefficient (Wildman–Crippen LogP) is 5.57. The third-order valence-corrected chi connectivity index (χ3v) is 6.39. The summed E-state index contributed by atoms with van der Waals surface area (Å²) >= 11 is 1.19. The molecule has 2 aromatic carbocycles. The molecule has 36 heavy (non-hydrogen) atoms. The van der Waals surface area contributed by atoms with E-state index < -0.39 is 17.8 Å². The summed E-state index contributed by atoms with van der Waals surface area (Å²) in [6, 6.07) is 17.7. The van der Waals surface area contributed by atoms with E-state index in [0.29, 0.717) is 45.5 Å². The van der Waals surface area contributed by atoms with Gasteiger partial charge in [0.05, 0.1) is 30.6 Å². The molecule has 0 fully saturated rings. The average molecular weight is 510 g/mol. The Kier molecular flexibility index (Phi) is 8.04. The molecule has 0 saturated heterocycles. The van der Waals surface area contributed by atoms with Crippen molar-refractivity contribution in [2.45, 2.75) is 32.7 Å². The zero-order chi connectivity index (χ0) is 25.7. The lowest BCUT2D eigenvalue weighted by Crippen LogP contribution is -2.11. The van der Waals surface area contributed by atoms with Crippen LogP contribution in [0, 0.1) is 11.6 Å². The van der Waals surface area contributed by atoms with Crippen LogP contribution in [-0.4, -0.2) is 22.1 Å². The van der Waals surface area contributed by atoms with Crippen molar-refractivity contribution in [3.05, 3.63) is 101 Å². The molecular formula is C27H25F2N3O3S. The highest BCUT2D eigenvalue weighted by molar-refractivity contribution is 7.19. The number of nitrogens with zero attached hydrogens (tertiary/aromatic N) is 1. The third kappa shape index (κ3) is 6.51. The van der Waals surface area contributed by atoms with Crippen LogP contribution in [0.2, 0.25) is 0 Å². The highest BCUT2D eigenvalue weighted by Gasteiger charge is 2.18. The lowest BCUT2D eigenvalue weighted by molar-refractivity contribution is 0.100. The number of thiophene rings is 1. The van der Waals surface area contributed by atoms with E-state index in [4.69, 9.17) is 10.5 Å². The molecule has 0 spiro atoms. The van der Waals surface area contributed by atoms with Crippen molar-refractivity contribution in [2.24, 2.45) is 5.73 Å². The van der Waals surface area contributed by atoms with Gasteiger partial charge in [0.15, 0.2) is 0 Å². The van der Waals surface area contributed by atoms with E-state index in [2.05, 4.69) is 10.3 Å². The first-order chi connectivity index (χ1) is 17.3. The number of aliphatic hydroxyl groups is 1. The van der Waals surface area contributed by atoms with Crippen LogP contribution < -0.4 is 11.1 Å². The van der Waals surface area contributed by atoms with E-state index in [1.54, 1.807) is 55.5 Å². The number of ether oxygens (including phenoxy) is 1. The Morgan fingerprint density at radius 2 is 1.83 bits per heavy atom. The van der Waals surface area contributed by atoms with E-state index in [0.717, 1.165) is 5.56 Å². The van der Waals surface area contributed by atoms with E-state index >= 15 is 0 Å². The molecule has 4 aromatic rings. The lowest BCUT2D eigenvalue weighted by Gasteiger charge is -2.08. The zero-order valence-corrected chi connectivity index (χ0v) is 20.3. The molecule has 0 aliphatic heterocycles. The summed E-state index contributed by atoms with van der Waals surface area (Å²) in [5, 5.41) is 13.1. The number of hydrogen-bond donors (Lipinski definition) is 3. The summed E-state index contributed by atoms with van der Waals surface area (Å²) in [4.78, 5) is 17.1. The van der Waals surface area contributed by atoms with Crippen LogP contribution in [-0.2, 0) is 24.4 Å². The van der Waals surface area contributed by atoms with Crippen molar-refractivity contribution in [1.82, 2.24) is 4.98 Å². The number of halogens is 2. The maximum Gasteiger partial charge on any atom is 0.251 e. The standard InChI is InChI=1S/C27H25F2N3O3S/c1-16(33)11-18-7-10-21(23(29)12-18)24-13-22(26(30)34)27(36-24)32-25-4-2-3-20(31-25)15-35-14-17-5-8-19(28)9-6-17/h2-10,12-13,16,33H,11,14-15H2,1H3,(H2,30,34)(H,31,32). The fourth-order valence-corrected chi connectivity index (χ4v) is 4.72. The van der Waals surface area contributed by atoms with Gasteiger partial charge < -0.3 is 20.9 Å². The predicted molar refractivity (Wildman–Crippen MR) is 136 cm³/mol. The van der Waals surface area contributed by atoms with Crippen LogP contribution >= 0.6 is 11.3 Å². The van der Waals surface area contributed by atoms with Gasteiger partial charge >= 0.3 is 0 Å². The highest BCUT2D eigenvalue weighted by Crippen LogP contribution is 2.38. The Hall–Kier alpha value is -3.66. The minimum atomic E-state index is -0.648. The van der Waals surface area contributed by atoms with Crippen LogP contribution in [0.25, 0.3) is 10.4 Å². The van der Waals surface area contributed by atoms with Crippen molar-refractivity contribution in [2.75, 3.05) is 5.32 Å². The van der Waals surface area contributed by atoms with Crippen LogP contribution in [0.15, 0.2) is 66.7 Å². The van der Waals surface area contributed by atoms with Gasteiger partial charge in [-0.25, -0.2) is 13.8 Å². The molecule has 0 bridgehead atoms. The number of benzene rings is 2. The summed E-state index contributed by atoms with van der Waals surface area (Å²) in [5.41, 5.74) is 8.31. The largest absolute Gasteiger partial charge is 0.393 e. The molecule has 1 atom stereocenters. The molecule has 2 heterocycles. The number of primary amides is 1. The Labute approximate surface area is 211 Å². The second-order valence-electron chi connectivity index (χ2n) is 8.34. The summed E-state index contributed by atoms with van der Waals surface area (Å²) in [7, 11) is 0. The first-order valence-electron chi connectivity index (χ1n) is 11.2. The number of rotatable bonds is 10. The van der Waals surface area contributed by atoms with E-state index in [1.165, 1.54) is 29.5 Å². The second kappa shape index (κ2) is 11.4. The lowest BCUT2D eigenvalue weighted by atomic mass is 10.0. The molecule has 1 amide bonds. The van der Waals surface area contributed by atoms with Gasteiger partial charge in [0.2, 0.25) is 0 Å². The number of pyridine rings is 1. The molecule has 2 aromatic heterocycles. The van der Waals surface area contributed by atoms with Crippen LogP contribution in [0.4, 0.5) is 19.6 Å². The highest BCUT2D eigenvalue weighted by atomic mass is 32.1. The number of anilines is 2. The van der Waals surface area contributed by atoms with Crippen LogP contribution in [0.1, 0.15) is 34.1 Å². The minimum Gasteiger partial charge on any atom is -0.393 e. The quantitative estimate of drug-likeness (QED) is 0.260. The van der Waals surface area contributed by atoms with Gasteiger partial charge in [-0.3, -0.25) is 4.79 Å². The average Bonchev–Trinajstić information content (AvgIpc) is 3.24. The van der Waals surface area contributed by atoms with Gasteiger partial charge in [0, 0.05) is 10.4 Å². The second-order valence-corrected chi connectivity index (χ2v) is 9.40. The molecule has 186 valence electrons. The maximum absolute atomic E-state index is 14.8. The number of aromatic nitrogens is 1. The number of hydrogen-bond acceptors (Lipinski definition) is 6.